The van der Waals surface area contributed by atoms with Crippen LogP contribution in [0.1, 0.15) is 162 Å². The van der Waals surface area contributed by atoms with E-state index in [0.29, 0.717) is 77.7 Å². The molecule has 5 amide bonds. The maximum atomic E-state index is 13.4. The van der Waals surface area contributed by atoms with Crippen molar-refractivity contribution < 1.29 is 24.0 Å². The molecule has 3 atom stereocenters. The van der Waals surface area contributed by atoms with Crippen molar-refractivity contribution >= 4 is 29.5 Å². The van der Waals surface area contributed by atoms with E-state index in [0.717, 1.165) is 51.4 Å². The lowest BCUT2D eigenvalue weighted by atomic mass is 10.1. The molecule has 2 aliphatic heterocycles. The molecule has 2 saturated heterocycles. The normalized spacial score (nSPS) is 17.9. The molecule has 11 heteroatoms. The minimum absolute atomic E-state index is 0.0299. The van der Waals surface area contributed by atoms with Crippen LogP contribution in [-0.4, -0.2) is 97.2 Å². The van der Waals surface area contributed by atoms with E-state index < -0.39 is 18.1 Å². The SMILES string of the molecule is CCCCCCCCCC(=O)N1CCCC1C(=O)NCCCCC(NC(=O)C1CCCN1C(=O)CCCCCCCCC)C(=O)NCCNC. The third-order valence-electron chi connectivity index (χ3n) is 10.3. The zero-order valence-corrected chi connectivity index (χ0v) is 32.0. The number of unbranched alkanes of at least 4 members (excludes halogenated alkanes) is 13. The second kappa shape index (κ2) is 27.0. The van der Waals surface area contributed by atoms with Crippen molar-refractivity contribution in [1.82, 2.24) is 31.1 Å². The quantitative estimate of drug-likeness (QED) is 0.0810. The zero-order valence-electron chi connectivity index (χ0n) is 32.0. The summed E-state index contributed by atoms with van der Waals surface area (Å²) in [5.74, 6) is -0.494. The van der Waals surface area contributed by atoms with Crippen molar-refractivity contribution in [3.8, 4) is 0 Å². The van der Waals surface area contributed by atoms with Crippen LogP contribution in [0.15, 0.2) is 0 Å². The lowest BCUT2D eigenvalue weighted by molar-refractivity contribution is -0.139. The fraction of sp³-hybridized carbons (Fsp3) is 0.872. The molecule has 0 spiro atoms. The van der Waals surface area contributed by atoms with Gasteiger partial charge in [-0.15, -0.1) is 0 Å². The maximum absolute atomic E-state index is 13.4. The monoisotopic (exact) mass is 705 g/mol. The molecule has 2 aliphatic rings. The Kier molecular flexibility index (Phi) is 23.5. The van der Waals surface area contributed by atoms with Gasteiger partial charge in [0.15, 0.2) is 0 Å². The molecule has 50 heavy (non-hydrogen) atoms. The molecule has 0 aromatic rings. The Morgan fingerprint density at radius 2 is 1.08 bits per heavy atom. The Morgan fingerprint density at radius 1 is 0.580 bits per heavy atom. The fourth-order valence-corrected chi connectivity index (χ4v) is 7.20. The molecule has 2 rings (SSSR count). The lowest BCUT2D eigenvalue weighted by Gasteiger charge is -2.26. The van der Waals surface area contributed by atoms with Gasteiger partial charge in [0.1, 0.15) is 18.1 Å². The van der Waals surface area contributed by atoms with Crippen molar-refractivity contribution in [2.24, 2.45) is 0 Å². The number of likely N-dealkylation sites (N-methyl/N-ethyl adjacent to an activating group) is 1. The van der Waals surface area contributed by atoms with E-state index in [4.69, 9.17) is 0 Å². The highest BCUT2D eigenvalue weighted by atomic mass is 16.2. The molecule has 11 nitrogen and oxygen atoms in total. The first-order valence-electron chi connectivity index (χ1n) is 20.4. The van der Waals surface area contributed by atoms with Gasteiger partial charge in [-0.25, -0.2) is 0 Å². The standard InChI is InChI=1S/C39H72N6O5/c1-4-6-8-10-12-14-16-25-35(46)44-30-20-23-33(44)38(49)41-27-19-18-22-32(37(48)42-29-28-40-3)43-39(50)34-24-21-31-45(34)36(47)26-17-15-13-11-9-7-5-2/h32-34,40H,4-31H2,1-3H3,(H,41,49)(H,42,48)(H,43,50). The molecule has 3 unspecified atom stereocenters. The number of likely N-dealkylation sites (tertiary alicyclic amines) is 2. The first kappa shape index (κ1) is 43.5. The van der Waals surface area contributed by atoms with Gasteiger partial charge < -0.3 is 31.1 Å². The van der Waals surface area contributed by atoms with E-state index >= 15 is 0 Å². The van der Waals surface area contributed by atoms with Crippen molar-refractivity contribution in [2.45, 2.75) is 180 Å². The molecule has 0 saturated carbocycles. The van der Waals surface area contributed by atoms with Crippen LogP contribution in [-0.2, 0) is 24.0 Å². The summed E-state index contributed by atoms with van der Waals surface area (Å²) >= 11 is 0. The molecular formula is C39H72N6O5. The topological polar surface area (TPSA) is 140 Å². The predicted molar refractivity (Wildman–Crippen MR) is 200 cm³/mol. The van der Waals surface area contributed by atoms with Gasteiger partial charge in [0.05, 0.1) is 0 Å². The van der Waals surface area contributed by atoms with Gasteiger partial charge in [0.25, 0.3) is 0 Å². The lowest BCUT2D eigenvalue weighted by Crippen LogP contribution is -2.53. The summed E-state index contributed by atoms with van der Waals surface area (Å²) < 4.78 is 0. The second-order valence-corrected chi connectivity index (χ2v) is 14.5. The third-order valence-corrected chi connectivity index (χ3v) is 10.3. The van der Waals surface area contributed by atoms with Gasteiger partial charge >= 0.3 is 0 Å². The largest absolute Gasteiger partial charge is 0.354 e. The van der Waals surface area contributed by atoms with Crippen LogP contribution in [0, 0.1) is 0 Å². The van der Waals surface area contributed by atoms with Crippen LogP contribution >= 0.6 is 0 Å². The minimum atomic E-state index is -0.717. The molecule has 2 fully saturated rings. The van der Waals surface area contributed by atoms with Gasteiger partial charge in [0, 0.05) is 45.6 Å². The van der Waals surface area contributed by atoms with Gasteiger partial charge in [-0.1, -0.05) is 90.9 Å². The van der Waals surface area contributed by atoms with Crippen LogP contribution < -0.4 is 21.3 Å². The average molecular weight is 705 g/mol. The van der Waals surface area contributed by atoms with E-state index in [1.165, 1.54) is 51.4 Å². The molecule has 0 bridgehead atoms. The number of rotatable bonds is 28. The second-order valence-electron chi connectivity index (χ2n) is 14.5. The Bertz CT molecular complexity index is 994. The average Bonchev–Trinajstić information content (AvgIpc) is 3.81. The Hall–Kier alpha value is -2.69. The van der Waals surface area contributed by atoms with E-state index in [1.807, 2.05) is 7.05 Å². The molecule has 4 N–H and O–H groups in total. The summed E-state index contributed by atoms with van der Waals surface area (Å²) in [6.07, 6.45) is 21.6. The van der Waals surface area contributed by atoms with E-state index in [9.17, 15) is 24.0 Å². The highest BCUT2D eigenvalue weighted by molar-refractivity contribution is 5.92. The van der Waals surface area contributed by atoms with Crippen molar-refractivity contribution in [3.63, 3.8) is 0 Å². The van der Waals surface area contributed by atoms with E-state index in [1.54, 1.807) is 9.80 Å². The van der Waals surface area contributed by atoms with Crippen molar-refractivity contribution in [3.05, 3.63) is 0 Å². The van der Waals surface area contributed by atoms with E-state index in [2.05, 4.69) is 35.1 Å². The van der Waals surface area contributed by atoms with Gasteiger partial charge in [-0.2, -0.15) is 0 Å². The third kappa shape index (κ3) is 17.0. The number of nitrogens with zero attached hydrogens (tertiary/aromatic N) is 2. The minimum Gasteiger partial charge on any atom is -0.354 e. The van der Waals surface area contributed by atoms with E-state index in [-0.39, 0.29) is 29.5 Å². The molecule has 2 heterocycles. The Balaban J connectivity index is 1.79. The van der Waals surface area contributed by atoms with Gasteiger partial charge in [-0.05, 0) is 64.8 Å². The Morgan fingerprint density at radius 3 is 1.60 bits per heavy atom. The highest BCUT2D eigenvalue weighted by Gasteiger charge is 2.36. The van der Waals surface area contributed by atoms with Crippen LogP contribution in [0.2, 0.25) is 0 Å². The number of carbonyl (C=O) groups is 5. The summed E-state index contributed by atoms with van der Waals surface area (Å²) in [5.41, 5.74) is 0. The van der Waals surface area contributed by atoms with Crippen LogP contribution in [0.25, 0.3) is 0 Å². The highest BCUT2D eigenvalue weighted by Crippen LogP contribution is 2.22. The smallest absolute Gasteiger partial charge is 0.243 e. The van der Waals surface area contributed by atoms with Crippen LogP contribution in [0.4, 0.5) is 0 Å². The summed E-state index contributed by atoms with van der Waals surface area (Å²) in [6.45, 7) is 7.13. The molecular weight excluding hydrogens is 632 g/mol. The summed E-state index contributed by atoms with van der Waals surface area (Å²) in [4.78, 5) is 69.0. The van der Waals surface area contributed by atoms with Crippen LogP contribution in [0.3, 0.4) is 0 Å². The number of nitrogens with one attached hydrogen (secondary N) is 4. The first-order valence-corrected chi connectivity index (χ1v) is 20.4. The Labute approximate surface area is 303 Å². The first-order chi connectivity index (χ1) is 24.3. The zero-order chi connectivity index (χ0) is 36.4. The van der Waals surface area contributed by atoms with Gasteiger partial charge in [0.2, 0.25) is 29.5 Å². The van der Waals surface area contributed by atoms with Gasteiger partial charge in [-0.3, -0.25) is 24.0 Å². The molecule has 288 valence electrons. The number of hydrogen-bond acceptors (Lipinski definition) is 6. The number of carbonyl (C=O) groups excluding carboxylic acids is 5. The summed E-state index contributed by atoms with van der Waals surface area (Å²) in [6, 6.07) is -1.66. The van der Waals surface area contributed by atoms with Crippen molar-refractivity contribution in [2.75, 3.05) is 39.8 Å². The molecule has 0 aromatic heterocycles. The van der Waals surface area contributed by atoms with Crippen LogP contribution in [0.5, 0.6) is 0 Å². The van der Waals surface area contributed by atoms with Crippen molar-refractivity contribution in [1.29, 1.82) is 0 Å². The summed E-state index contributed by atoms with van der Waals surface area (Å²) in [7, 11) is 1.81. The molecule has 0 aromatic carbocycles. The maximum Gasteiger partial charge on any atom is 0.243 e. The fourth-order valence-electron chi connectivity index (χ4n) is 7.20. The molecule has 0 radical (unpaired) electrons. The predicted octanol–water partition coefficient (Wildman–Crippen LogP) is 5.36. The number of amides is 5. The molecule has 0 aliphatic carbocycles. The summed E-state index contributed by atoms with van der Waals surface area (Å²) in [5, 5.41) is 11.9. The number of hydrogen-bond donors (Lipinski definition) is 4.